The van der Waals surface area contributed by atoms with Crippen molar-refractivity contribution in [2.24, 2.45) is 0 Å². The van der Waals surface area contributed by atoms with Crippen LogP contribution in [0.2, 0.25) is 0 Å². The van der Waals surface area contributed by atoms with Gasteiger partial charge in [-0.1, -0.05) is 34.1 Å². The minimum atomic E-state index is -0.229. The molecule has 7 heteroatoms. The summed E-state index contributed by atoms with van der Waals surface area (Å²) >= 11 is 3.40. The molecule has 0 bridgehead atoms. The molecule has 2 N–H and O–H groups in total. The Morgan fingerprint density at radius 1 is 1.00 bits per heavy atom. The fourth-order valence-electron chi connectivity index (χ4n) is 3.20. The van der Waals surface area contributed by atoms with Gasteiger partial charge in [0.15, 0.2) is 0 Å². The quantitative estimate of drug-likeness (QED) is 0.718. The zero-order chi connectivity index (χ0) is 19.9. The molecule has 2 amide bonds. The van der Waals surface area contributed by atoms with Crippen molar-refractivity contribution < 1.29 is 9.59 Å². The predicted octanol–water partition coefficient (Wildman–Crippen LogP) is 2.63. The van der Waals surface area contributed by atoms with E-state index >= 15 is 0 Å². The highest BCUT2D eigenvalue weighted by Gasteiger charge is 2.19. The Balaban J connectivity index is 1.38. The largest absolute Gasteiger partial charge is 0.369 e. The molecule has 0 spiro atoms. The van der Waals surface area contributed by atoms with E-state index in [0.29, 0.717) is 6.54 Å². The number of para-hydroxylation sites is 1. The highest BCUT2D eigenvalue weighted by Crippen LogP contribution is 2.19. The Labute approximate surface area is 174 Å². The number of anilines is 2. The number of hydrogen-bond donors (Lipinski definition) is 2. The number of hydrogen-bond acceptors (Lipinski definition) is 4. The van der Waals surface area contributed by atoms with Crippen LogP contribution < -0.4 is 15.5 Å². The summed E-state index contributed by atoms with van der Waals surface area (Å²) in [5.41, 5.74) is 2.93. The summed E-state index contributed by atoms with van der Waals surface area (Å²) < 4.78 is 0.962. The van der Waals surface area contributed by atoms with Gasteiger partial charge in [0.25, 0.3) is 0 Å². The molecule has 0 atom stereocenters. The van der Waals surface area contributed by atoms with E-state index in [1.165, 1.54) is 5.69 Å². The van der Waals surface area contributed by atoms with Gasteiger partial charge in [0.05, 0.1) is 13.1 Å². The van der Waals surface area contributed by atoms with E-state index in [4.69, 9.17) is 0 Å². The van der Waals surface area contributed by atoms with Crippen molar-refractivity contribution in [2.45, 2.75) is 6.92 Å². The lowest BCUT2D eigenvalue weighted by atomic mass is 10.2. The molecule has 28 heavy (non-hydrogen) atoms. The minimum absolute atomic E-state index is 0.0294. The minimum Gasteiger partial charge on any atom is -0.369 e. The molecule has 0 saturated carbocycles. The van der Waals surface area contributed by atoms with E-state index in [0.717, 1.165) is 41.9 Å². The Morgan fingerprint density at radius 3 is 2.39 bits per heavy atom. The second-order valence-corrected chi connectivity index (χ2v) is 7.80. The number of carbonyl (C=O) groups is 2. The first-order valence-corrected chi connectivity index (χ1v) is 10.2. The van der Waals surface area contributed by atoms with Crippen molar-refractivity contribution in [3.63, 3.8) is 0 Å². The first kappa shape index (κ1) is 20.4. The normalized spacial score (nSPS) is 14.6. The lowest BCUT2D eigenvalue weighted by molar-refractivity contribution is -0.125. The van der Waals surface area contributed by atoms with E-state index in [-0.39, 0.29) is 18.4 Å². The van der Waals surface area contributed by atoms with Gasteiger partial charge in [-0.25, -0.2) is 0 Å². The van der Waals surface area contributed by atoms with Crippen molar-refractivity contribution in [3.8, 4) is 0 Å². The van der Waals surface area contributed by atoms with Gasteiger partial charge in [-0.3, -0.25) is 14.5 Å². The van der Waals surface area contributed by atoms with Crippen molar-refractivity contribution in [1.82, 2.24) is 10.2 Å². The van der Waals surface area contributed by atoms with Gasteiger partial charge in [0.2, 0.25) is 11.8 Å². The van der Waals surface area contributed by atoms with Crippen LogP contribution in [0.3, 0.4) is 0 Å². The van der Waals surface area contributed by atoms with Crippen LogP contribution in [-0.2, 0) is 9.59 Å². The Kier molecular flexibility index (Phi) is 7.06. The summed E-state index contributed by atoms with van der Waals surface area (Å²) in [7, 11) is 0. The van der Waals surface area contributed by atoms with Gasteiger partial charge in [-0.05, 0) is 42.8 Å². The number of nitrogens with one attached hydrogen (secondary N) is 2. The van der Waals surface area contributed by atoms with E-state index in [9.17, 15) is 9.59 Å². The lowest BCUT2D eigenvalue weighted by Gasteiger charge is -2.35. The fraction of sp³-hybridized carbons (Fsp3) is 0.333. The third kappa shape index (κ3) is 5.81. The molecule has 1 fully saturated rings. The van der Waals surface area contributed by atoms with Gasteiger partial charge in [0, 0.05) is 42.0 Å². The first-order chi connectivity index (χ1) is 13.5. The van der Waals surface area contributed by atoms with Crippen LogP contribution in [0.5, 0.6) is 0 Å². The number of benzene rings is 2. The van der Waals surface area contributed by atoms with E-state index in [1.54, 1.807) is 0 Å². The van der Waals surface area contributed by atoms with Crippen molar-refractivity contribution in [3.05, 3.63) is 58.6 Å². The van der Waals surface area contributed by atoms with Crippen molar-refractivity contribution >= 4 is 39.1 Å². The SMILES string of the molecule is Cc1cc(Br)ccc1NC(=O)CNC(=O)CN1CCN(c2ccccc2)CC1. The maximum atomic E-state index is 12.2. The van der Waals surface area contributed by atoms with Gasteiger partial charge in [0.1, 0.15) is 0 Å². The fourth-order valence-corrected chi connectivity index (χ4v) is 3.68. The van der Waals surface area contributed by atoms with Crippen molar-refractivity contribution in [2.75, 3.05) is 49.5 Å². The molecule has 148 valence electrons. The molecule has 1 aliphatic heterocycles. The summed E-state index contributed by atoms with van der Waals surface area (Å²) in [6.45, 7) is 5.64. The molecule has 0 aromatic heterocycles. The highest BCUT2D eigenvalue weighted by atomic mass is 79.9. The zero-order valence-electron chi connectivity index (χ0n) is 16.0. The Morgan fingerprint density at radius 2 is 1.71 bits per heavy atom. The van der Waals surface area contributed by atoms with Crippen LogP contribution in [0.25, 0.3) is 0 Å². The van der Waals surface area contributed by atoms with Crippen LogP contribution in [-0.4, -0.2) is 56.0 Å². The third-order valence-corrected chi connectivity index (χ3v) is 5.26. The van der Waals surface area contributed by atoms with Crippen LogP contribution in [0.15, 0.2) is 53.0 Å². The summed E-state index contributed by atoms with van der Waals surface area (Å²) in [5.74, 6) is -0.358. The molecule has 3 rings (SSSR count). The lowest BCUT2D eigenvalue weighted by Crippen LogP contribution is -2.50. The number of aryl methyl sites for hydroxylation is 1. The molecule has 2 aromatic carbocycles. The standard InChI is InChI=1S/C21H25BrN4O2/c1-16-13-17(22)7-8-19(16)24-20(27)14-23-21(28)15-25-9-11-26(12-10-25)18-5-3-2-4-6-18/h2-8,13H,9-12,14-15H2,1H3,(H,23,28)(H,24,27). The number of rotatable bonds is 6. The van der Waals surface area contributed by atoms with Crippen LogP contribution >= 0.6 is 15.9 Å². The van der Waals surface area contributed by atoms with Crippen LogP contribution in [0, 0.1) is 6.92 Å². The molecule has 2 aromatic rings. The van der Waals surface area contributed by atoms with Crippen LogP contribution in [0.1, 0.15) is 5.56 Å². The molecule has 6 nitrogen and oxygen atoms in total. The van der Waals surface area contributed by atoms with Crippen LogP contribution in [0.4, 0.5) is 11.4 Å². The first-order valence-electron chi connectivity index (χ1n) is 9.36. The number of halogens is 1. The number of nitrogens with zero attached hydrogens (tertiary/aromatic N) is 2. The molecular weight excluding hydrogens is 420 g/mol. The number of piperazine rings is 1. The monoisotopic (exact) mass is 444 g/mol. The molecule has 1 heterocycles. The number of amides is 2. The molecule has 0 unspecified atom stereocenters. The maximum absolute atomic E-state index is 12.2. The summed E-state index contributed by atoms with van der Waals surface area (Å²) in [6.07, 6.45) is 0. The molecular formula is C21H25BrN4O2. The Bertz CT molecular complexity index is 820. The predicted molar refractivity (Wildman–Crippen MR) is 116 cm³/mol. The van der Waals surface area contributed by atoms with Gasteiger partial charge >= 0.3 is 0 Å². The Hall–Kier alpha value is -2.38. The topological polar surface area (TPSA) is 64.7 Å². The van der Waals surface area contributed by atoms with Gasteiger partial charge in [-0.15, -0.1) is 0 Å². The van der Waals surface area contributed by atoms with E-state index < -0.39 is 0 Å². The van der Waals surface area contributed by atoms with Gasteiger partial charge < -0.3 is 15.5 Å². The molecule has 0 radical (unpaired) electrons. The molecule has 1 saturated heterocycles. The zero-order valence-corrected chi connectivity index (χ0v) is 17.5. The number of carbonyl (C=O) groups excluding carboxylic acids is 2. The average molecular weight is 445 g/mol. The summed E-state index contributed by atoms with van der Waals surface area (Å²) in [5, 5.41) is 5.53. The second kappa shape index (κ2) is 9.71. The molecule has 1 aliphatic rings. The van der Waals surface area contributed by atoms with E-state index in [2.05, 4.69) is 48.5 Å². The van der Waals surface area contributed by atoms with E-state index in [1.807, 2.05) is 43.3 Å². The summed E-state index contributed by atoms with van der Waals surface area (Å²) in [4.78, 5) is 28.7. The summed E-state index contributed by atoms with van der Waals surface area (Å²) in [6, 6.07) is 15.9. The third-order valence-electron chi connectivity index (χ3n) is 4.77. The second-order valence-electron chi connectivity index (χ2n) is 6.88. The molecule has 0 aliphatic carbocycles. The smallest absolute Gasteiger partial charge is 0.243 e. The van der Waals surface area contributed by atoms with Crippen molar-refractivity contribution in [1.29, 1.82) is 0 Å². The maximum Gasteiger partial charge on any atom is 0.243 e. The van der Waals surface area contributed by atoms with Gasteiger partial charge in [-0.2, -0.15) is 0 Å². The highest BCUT2D eigenvalue weighted by molar-refractivity contribution is 9.10. The average Bonchev–Trinajstić information content (AvgIpc) is 2.70.